The summed E-state index contributed by atoms with van der Waals surface area (Å²) in [6.07, 6.45) is 6.77. The number of hydrogen-bond donors (Lipinski definition) is 1. The Labute approximate surface area is 183 Å². The van der Waals surface area contributed by atoms with Crippen LogP contribution in [0.1, 0.15) is 39.7 Å². The highest BCUT2D eigenvalue weighted by molar-refractivity contribution is 14.2. The van der Waals surface area contributed by atoms with Gasteiger partial charge in [0.1, 0.15) is 6.33 Å². The van der Waals surface area contributed by atoms with Crippen LogP contribution in [0.3, 0.4) is 0 Å². The zero-order valence-electron chi connectivity index (χ0n) is 16.2. The van der Waals surface area contributed by atoms with E-state index in [0.29, 0.717) is 29.2 Å². The molecule has 0 aromatic carbocycles. The van der Waals surface area contributed by atoms with Gasteiger partial charge in [-0.05, 0) is 61.6 Å². The molecule has 0 bridgehead atoms. The summed E-state index contributed by atoms with van der Waals surface area (Å²) < 4.78 is 3.86. The van der Waals surface area contributed by atoms with Crippen LogP contribution in [0, 0.1) is 5.92 Å². The quantitative estimate of drug-likeness (QED) is 0.340. The van der Waals surface area contributed by atoms with Crippen molar-refractivity contribution in [3.63, 3.8) is 0 Å². The van der Waals surface area contributed by atoms with Crippen LogP contribution < -0.4 is 10.2 Å². The number of fused-ring (bicyclic) bond motifs is 1. The van der Waals surface area contributed by atoms with Crippen molar-refractivity contribution in [3.05, 3.63) is 17.7 Å². The van der Waals surface area contributed by atoms with Gasteiger partial charge in [0.05, 0.1) is 18.3 Å². The molecule has 1 unspecified atom stereocenters. The Hall–Kier alpha value is -1.19. The van der Waals surface area contributed by atoms with Crippen molar-refractivity contribution >= 4 is 68.6 Å². The third kappa shape index (κ3) is 3.80. The zero-order valence-corrected chi connectivity index (χ0v) is 20.1. The normalized spacial score (nSPS) is 15.8. The van der Waals surface area contributed by atoms with Crippen molar-refractivity contribution < 1.29 is 0 Å². The lowest BCUT2D eigenvalue weighted by Gasteiger charge is -2.26. The van der Waals surface area contributed by atoms with Crippen LogP contribution in [0.15, 0.2) is 12.5 Å². The molecule has 1 N–H and O–H groups in total. The van der Waals surface area contributed by atoms with Crippen LogP contribution in [0.2, 0.25) is 5.15 Å². The van der Waals surface area contributed by atoms with Crippen molar-refractivity contribution in [3.8, 4) is 0 Å². The molecular formula is C17H23ClIN8P. The average molecular weight is 533 g/mol. The first-order chi connectivity index (χ1) is 13.4. The summed E-state index contributed by atoms with van der Waals surface area (Å²) in [5.41, 5.74) is 2.35. The lowest BCUT2D eigenvalue weighted by Crippen LogP contribution is -2.31. The van der Waals surface area contributed by atoms with Gasteiger partial charge >= 0.3 is 0 Å². The van der Waals surface area contributed by atoms with Gasteiger partial charge < -0.3 is 10.2 Å². The fraction of sp³-hybridized carbons (Fsp3) is 0.529. The first kappa shape index (κ1) is 20.1. The molecule has 2 atom stereocenters. The molecule has 0 saturated heterocycles. The van der Waals surface area contributed by atoms with Crippen molar-refractivity contribution in [2.75, 3.05) is 17.3 Å². The molecule has 3 aromatic rings. The molecule has 3 aromatic heterocycles. The molecule has 4 rings (SSSR count). The SMILES string of the molecule is CC(C)n1cc(Nc2nc(N(C)[C@@H](C)C3CC3)c3ncn(PI)c3n2)c(Cl)n1. The molecule has 1 aliphatic carbocycles. The lowest BCUT2D eigenvalue weighted by molar-refractivity contribution is 0.533. The van der Waals surface area contributed by atoms with E-state index < -0.39 is 0 Å². The third-order valence-electron chi connectivity index (χ3n) is 5.18. The second kappa shape index (κ2) is 7.91. The summed E-state index contributed by atoms with van der Waals surface area (Å²) >= 11 is 8.65. The molecule has 28 heavy (non-hydrogen) atoms. The first-order valence-electron chi connectivity index (χ1n) is 9.25. The predicted octanol–water partition coefficient (Wildman–Crippen LogP) is 5.03. The zero-order chi connectivity index (χ0) is 20.0. The smallest absolute Gasteiger partial charge is 0.231 e. The van der Waals surface area contributed by atoms with E-state index in [1.165, 1.54) is 12.8 Å². The summed E-state index contributed by atoms with van der Waals surface area (Å²) in [6.45, 7) is 6.36. The van der Waals surface area contributed by atoms with Gasteiger partial charge in [-0.25, -0.2) is 4.98 Å². The van der Waals surface area contributed by atoms with E-state index in [1.807, 2.05) is 21.5 Å². The summed E-state index contributed by atoms with van der Waals surface area (Å²) in [7, 11) is 2.09. The molecule has 0 radical (unpaired) electrons. The topological polar surface area (TPSA) is 76.7 Å². The second-order valence-electron chi connectivity index (χ2n) is 7.46. The number of halogens is 2. The van der Waals surface area contributed by atoms with Crippen LogP contribution in [0.25, 0.3) is 11.2 Å². The van der Waals surface area contributed by atoms with Crippen LogP contribution in [-0.4, -0.2) is 42.2 Å². The van der Waals surface area contributed by atoms with Gasteiger partial charge in [-0.2, -0.15) is 15.1 Å². The predicted molar refractivity (Wildman–Crippen MR) is 125 cm³/mol. The van der Waals surface area contributed by atoms with E-state index in [-0.39, 0.29) is 6.04 Å². The van der Waals surface area contributed by atoms with E-state index in [0.717, 1.165) is 22.9 Å². The molecule has 11 heteroatoms. The molecule has 1 saturated carbocycles. The molecule has 8 nitrogen and oxygen atoms in total. The van der Waals surface area contributed by atoms with E-state index in [2.05, 4.69) is 70.2 Å². The highest BCUT2D eigenvalue weighted by Crippen LogP contribution is 2.38. The van der Waals surface area contributed by atoms with Crippen LogP contribution in [0.5, 0.6) is 0 Å². The number of hydrogen-bond acceptors (Lipinski definition) is 6. The Kier molecular flexibility index (Phi) is 5.68. The van der Waals surface area contributed by atoms with Gasteiger partial charge in [-0.15, -0.1) is 0 Å². The molecule has 1 aliphatic rings. The lowest BCUT2D eigenvalue weighted by atomic mass is 10.2. The van der Waals surface area contributed by atoms with Crippen LogP contribution in [-0.2, 0) is 0 Å². The van der Waals surface area contributed by atoms with Crippen molar-refractivity contribution in [1.82, 2.24) is 29.1 Å². The Morgan fingerprint density at radius 1 is 1.32 bits per heavy atom. The molecule has 0 amide bonds. The highest BCUT2D eigenvalue weighted by Gasteiger charge is 2.32. The van der Waals surface area contributed by atoms with Gasteiger partial charge in [0.15, 0.2) is 22.1 Å². The Morgan fingerprint density at radius 3 is 2.68 bits per heavy atom. The van der Waals surface area contributed by atoms with Gasteiger partial charge in [0, 0.05) is 19.1 Å². The molecule has 150 valence electrons. The number of nitrogens with one attached hydrogen (secondary N) is 1. The Bertz CT molecular complexity index is 999. The molecule has 1 fully saturated rings. The van der Waals surface area contributed by atoms with E-state index in [1.54, 1.807) is 0 Å². The molecular weight excluding hydrogens is 510 g/mol. The third-order valence-corrected chi connectivity index (χ3v) is 7.53. The summed E-state index contributed by atoms with van der Waals surface area (Å²) in [4.78, 5) is 16.3. The standard InChI is InChI=1S/C17H23ClIN8P/c1-9(2)26-7-12(14(18)24-26)21-17-22-15(25(4)10(3)11-5-6-11)13-16(23-17)27(28-19)8-20-13/h7-11,28H,5-6H2,1-4H3,(H,21,22,23)/t10-/m0/s1. The van der Waals surface area contributed by atoms with Gasteiger partial charge in [-0.3, -0.25) is 9.02 Å². The monoisotopic (exact) mass is 532 g/mol. The van der Waals surface area contributed by atoms with E-state index in [9.17, 15) is 0 Å². The maximum atomic E-state index is 6.32. The van der Waals surface area contributed by atoms with Crippen molar-refractivity contribution in [2.45, 2.75) is 45.7 Å². The van der Waals surface area contributed by atoms with E-state index in [4.69, 9.17) is 21.6 Å². The summed E-state index contributed by atoms with van der Waals surface area (Å²) in [5.74, 6) is 2.06. The van der Waals surface area contributed by atoms with Crippen LogP contribution >= 0.6 is 40.0 Å². The van der Waals surface area contributed by atoms with E-state index >= 15 is 0 Å². The second-order valence-corrected chi connectivity index (χ2v) is 9.92. The number of anilines is 3. The van der Waals surface area contributed by atoms with Gasteiger partial charge in [-0.1, -0.05) is 11.6 Å². The summed E-state index contributed by atoms with van der Waals surface area (Å²) in [6, 6.07) is 0.629. The van der Waals surface area contributed by atoms with Crippen molar-refractivity contribution in [1.29, 1.82) is 0 Å². The van der Waals surface area contributed by atoms with Gasteiger partial charge in [0.25, 0.3) is 0 Å². The van der Waals surface area contributed by atoms with Crippen molar-refractivity contribution in [2.24, 2.45) is 5.92 Å². The maximum absolute atomic E-state index is 6.32. The van der Waals surface area contributed by atoms with Crippen LogP contribution in [0.4, 0.5) is 17.5 Å². The molecule has 0 aliphatic heterocycles. The minimum Gasteiger partial charge on any atom is -0.355 e. The highest BCUT2D eigenvalue weighted by atomic mass is 127. The van der Waals surface area contributed by atoms with Gasteiger partial charge in [0.2, 0.25) is 5.95 Å². The fourth-order valence-corrected chi connectivity index (χ4v) is 4.75. The fourth-order valence-electron chi connectivity index (χ4n) is 3.18. The molecule has 0 spiro atoms. The number of nitrogens with zero attached hydrogens (tertiary/aromatic N) is 7. The molecule has 3 heterocycles. The number of aromatic nitrogens is 6. The Balaban J connectivity index is 1.75. The number of imidazole rings is 1. The maximum Gasteiger partial charge on any atom is 0.231 e. The average Bonchev–Trinajstić information content (AvgIpc) is 3.34. The largest absolute Gasteiger partial charge is 0.355 e. The summed E-state index contributed by atoms with van der Waals surface area (Å²) in [5, 5.41) is 8.01. The minimum atomic E-state index is 0.221. The Morgan fingerprint density at radius 2 is 2.07 bits per heavy atom. The minimum absolute atomic E-state index is 0.221. The number of rotatable bonds is 7. The first-order valence-corrected chi connectivity index (χ1v) is 13.7.